The average Bonchev–Trinajstić information content (AvgIpc) is 2.90. The van der Waals surface area contributed by atoms with Crippen molar-refractivity contribution in [3.63, 3.8) is 0 Å². The number of Topliss-reactive ketones (excluding diaryl/α,β-unsaturated/α-hetero) is 1. The minimum atomic E-state index is 0. The summed E-state index contributed by atoms with van der Waals surface area (Å²) < 4.78 is 7.20. The van der Waals surface area contributed by atoms with Crippen LogP contribution in [0, 0.1) is 13.8 Å². The number of benzene rings is 1. The molecule has 1 N–H and O–H groups in total. The van der Waals surface area contributed by atoms with Gasteiger partial charge in [0.05, 0.1) is 44.0 Å². The third-order valence-corrected chi connectivity index (χ3v) is 5.50. The lowest BCUT2D eigenvalue weighted by Gasteiger charge is -2.23. The monoisotopic (exact) mass is 431 g/mol. The number of aryl methyl sites for hydroxylation is 1. The molecule has 0 saturated carbocycles. The van der Waals surface area contributed by atoms with Crippen LogP contribution in [0.15, 0.2) is 18.2 Å². The van der Waals surface area contributed by atoms with Crippen molar-refractivity contribution in [1.82, 2.24) is 9.78 Å². The van der Waals surface area contributed by atoms with Gasteiger partial charge in [0, 0.05) is 15.7 Å². The zero-order valence-electron chi connectivity index (χ0n) is 15.5. The smallest absolute Gasteiger partial charge is 0.172 e. The molecule has 2 heterocycles. The second-order valence-corrected chi connectivity index (χ2v) is 7.57. The summed E-state index contributed by atoms with van der Waals surface area (Å²) in [7, 11) is 0. The number of halogens is 3. The van der Waals surface area contributed by atoms with Gasteiger partial charge in [0.25, 0.3) is 0 Å². The molecular formula is C19H24Cl3N3O2. The van der Waals surface area contributed by atoms with Gasteiger partial charge in [0.15, 0.2) is 5.78 Å². The first kappa shape index (κ1) is 22.2. The highest BCUT2D eigenvalue weighted by Crippen LogP contribution is 2.23. The van der Waals surface area contributed by atoms with Gasteiger partial charge >= 0.3 is 0 Å². The number of ether oxygens (including phenoxy) is 1. The van der Waals surface area contributed by atoms with E-state index in [1.165, 1.54) is 4.90 Å². The van der Waals surface area contributed by atoms with E-state index in [-0.39, 0.29) is 18.2 Å². The molecule has 1 fully saturated rings. The van der Waals surface area contributed by atoms with Crippen LogP contribution in [0.1, 0.15) is 33.7 Å². The van der Waals surface area contributed by atoms with Crippen LogP contribution >= 0.6 is 23.2 Å². The third-order valence-electron chi connectivity index (χ3n) is 4.89. The number of quaternary nitrogens is 1. The van der Waals surface area contributed by atoms with Crippen molar-refractivity contribution in [2.75, 3.05) is 32.8 Å². The van der Waals surface area contributed by atoms with Crippen LogP contribution in [0.4, 0.5) is 0 Å². The summed E-state index contributed by atoms with van der Waals surface area (Å²) in [5.74, 6) is 0.155. The van der Waals surface area contributed by atoms with Crippen molar-refractivity contribution in [2.24, 2.45) is 0 Å². The normalized spacial score (nSPS) is 14.8. The Hall–Kier alpha value is -1.11. The molecule has 5 nitrogen and oxygen atoms in total. The van der Waals surface area contributed by atoms with E-state index in [1.54, 1.807) is 12.1 Å². The Morgan fingerprint density at radius 3 is 2.67 bits per heavy atom. The average molecular weight is 433 g/mol. The molecule has 27 heavy (non-hydrogen) atoms. The maximum absolute atomic E-state index is 12.8. The third kappa shape index (κ3) is 5.46. The van der Waals surface area contributed by atoms with E-state index in [9.17, 15) is 4.79 Å². The molecule has 0 spiro atoms. The van der Waals surface area contributed by atoms with E-state index in [0.717, 1.165) is 55.4 Å². The fourth-order valence-electron chi connectivity index (χ4n) is 3.41. The summed E-state index contributed by atoms with van der Waals surface area (Å²) in [4.78, 5) is 14.2. The Balaban J connectivity index is 0.00000261. The van der Waals surface area contributed by atoms with Crippen LogP contribution in [-0.4, -0.2) is 48.4 Å². The van der Waals surface area contributed by atoms with Crippen molar-refractivity contribution in [3.05, 3.63) is 50.8 Å². The molecule has 148 valence electrons. The number of carbonyl (C=O) groups is 1. The van der Waals surface area contributed by atoms with Crippen molar-refractivity contribution < 1.29 is 26.8 Å². The van der Waals surface area contributed by atoms with E-state index in [2.05, 4.69) is 5.10 Å². The predicted molar refractivity (Wildman–Crippen MR) is 103 cm³/mol. The molecule has 1 aromatic heterocycles. The van der Waals surface area contributed by atoms with Crippen molar-refractivity contribution >= 4 is 29.0 Å². The summed E-state index contributed by atoms with van der Waals surface area (Å²) in [6, 6.07) is 5.38. The highest BCUT2D eigenvalue weighted by atomic mass is 35.5. The molecule has 0 amide bonds. The molecule has 0 aliphatic carbocycles. The second-order valence-electron chi connectivity index (χ2n) is 6.72. The number of carbonyl (C=O) groups excluding carboxylic acids is 1. The molecule has 1 aliphatic heterocycles. The van der Waals surface area contributed by atoms with Crippen LogP contribution in [0.2, 0.25) is 10.0 Å². The Bertz CT molecular complexity index is 802. The quantitative estimate of drug-likeness (QED) is 0.617. The van der Waals surface area contributed by atoms with Gasteiger partial charge in [-0.3, -0.25) is 9.48 Å². The van der Waals surface area contributed by atoms with Gasteiger partial charge in [-0.25, -0.2) is 0 Å². The summed E-state index contributed by atoms with van der Waals surface area (Å²) in [5, 5.41) is 5.84. The van der Waals surface area contributed by atoms with Crippen molar-refractivity contribution in [3.8, 4) is 0 Å². The first-order valence-electron chi connectivity index (χ1n) is 8.88. The molecule has 1 aliphatic rings. The van der Waals surface area contributed by atoms with Gasteiger partial charge < -0.3 is 22.0 Å². The van der Waals surface area contributed by atoms with Crippen molar-refractivity contribution in [1.29, 1.82) is 0 Å². The van der Waals surface area contributed by atoms with E-state index in [4.69, 9.17) is 27.9 Å². The number of nitrogens with zero attached hydrogens (tertiary/aromatic N) is 2. The molecule has 2 aromatic rings. The number of nitrogens with one attached hydrogen (secondary N) is 1. The number of hydrogen-bond donors (Lipinski definition) is 1. The molecule has 0 radical (unpaired) electrons. The van der Waals surface area contributed by atoms with Gasteiger partial charge in [-0.05, 0) is 37.6 Å². The highest BCUT2D eigenvalue weighted by molar-refractivity contribution is 6.33. The molecule has 0 unspecified atom stereocenters. The number of hydrogen-bond acceptors (Lipinski definition) is 3. The van der Waals surface area contributed by atoms with Crippen LogP contribution in [0.3, 0.4) is 0 Å². The summed E-state index contributed by atoms with van der Waals surface area (Å²) >= 11 is 12.3. The minimum absolute atomic E-state index is 0. The highest BCUT2D eigenvalue weighted by Gasteiger charge is 2.21. The maximum Gasteiger partial charge on any atom is 0.172 e. The number of rotatable bonds is 6. The zero-order valence-corrected chi connectivity index (χ0v) is 17.8. The molecule has 8 heteroatoms. The fourth-order valence-corrected chi connectivity index (χ4v) is 3.78. The number of morpholine rings is 1. The minimum Gasteiger partial charge on any atom is -1.00 e. The maximum atomic E-state index is 12.8. The second kappa shape index (κ2) is 9.89. The van der Waals surface area contributed by atoms with Crippen molar-refractivity contribution in [2.45, 2.75) is 26.8 Å². The molecular weight excluding hydrogens is 409 g/mol. The first-order chi connectivity index (χ1) is 12.5. The summed E-state index contributed by atoms with van der Waals surface area (Å²) in [6.45, 7) is 8.65. The van der Waals surface area contributed by atoms with E-state index in [0.29, 0.717) is 23.0 Å². The van der Waals surface area contributed by atoms with Crippen LogP contribution < -0.4 is 17.3 Å². The fraction of sp³-hybridized carbons (Fsp3) is 0.474. The van der Waals surface area contributed by atoms with E-state index in [1.807, 2.05) is 24.6 Å². The van der Waals surface area contributed by atoms with Gasteiger partial charge in [0.2, 0.25) is 0 Å². The molecule has 0 bridgehead atoms. The Kier molecular flexibility index (Phi) is 8.13. The zero-order chi connectivity index (χ0) is 18.7. The number of aromatic nitrogens is 2. The molecule has 3 rings (SSSR count). The largest absolute Gasteiger partial charge is 1.00 e. The van der Waals surface area contributed by atoms with E-state index < -0.39 is 0 Å². The van der Waals surface area contributed by atoms with Crippen LogP contribution in [0.25, 0.3) is 0 Å². The SMILES string of the molecule is Cc1nn(Cc2cc(Cl)ccc2Cl)c(C)c1C(=O)CC[NH+]1CCOCC1.[Cl-]. The van der Waals surface area contributed by atoms with Gasteiger partial charge in [-0.2, -0.15) is 5.10 Å². The van der Waals surface area contributed by atoms with Crippen LogP contribution in [-0.2, 0) is 11.3 Å². The summed E-state index contributed by atoms with van der Waals surface area (Å²) in [5.41, 5.74) is 3.26. The lowest BCUT2D eigenvalue weighted by Crippen LogP contribution is -3.14. The first-order valence-corrected chi connectivity index (χ1v) is 9.63. The molecule has 0 atom stereocenters. The Morgan fingerprint density at radius 1 is 1.26 bits per heavy atom. The molecule has 1 saturated heterocycles. The Morgan fingerprint density at radius 2 is 1.96 bits per heavy atom. The Labute approximate surface area is 176 Å². The topological polar surface area (TPSA) is 48.6 Å². The van der Waals surface area contributed by atoms with Gasteiger partial charge in [-0.1, -0.05) is 23.2 Å². The molecule has 1 aromatic carbocycles. The van der Waals surface area contributed by atoms with Gasteiger partial charge in [-0.15, -0.1) is 0 Å². The van der Waals surface area contributed by atoms with E-state index >= 15 is 0 Å². The van der Waals surface area contributed by atoms with Crippen LogP contribution in [0.5, 0.6) is 0 Å². The van der Waals surface area contributed by atoms with Gasteiger partial charge in [0.1, 0.15) is 13.1 Å². The predicted octanol–water partition coefficient (Wildman–Crippen LogP) is -0.653. The summed E-state index contributed by atoms with van der Waals surface area (Å²) in [6.07, 6.45) is 0.528. The standard InChI is InChI=1S/C19H23Cl2N3O2.ClH/c1-13-19(18(25)5-6-23-7-9-26-10-8-23)14(2)24(22-13)12-15-11-16(20)3-4-17(15)21;/h3-4,11H,5-10,12H2,1-2H3;1H. The lowest BCUT2D eigenvalue weighted by atomic mass is 10.1. The lowest BCUT2D eigenvalue weighted by molar-refractivity contribution is -0.907. The number of ketones is 1.